The van der Waals surface area contributed by atoms with E-state index in [2.05, 4.69) is 25.4 Å². The highest BCUT2D eigenvalue weighted by Gasteiger charge is 2.20. The Morgan fingerprint density at radius 3 is 2.59 bits per heavy atom. The van der Waals surface area contributed by atoms with Crippen molar-refractivity contribution in [3.8, 4) is 11.4 Å². The summed E-state index contributed by atoms with van der Waals surface area (Å²) < 4.78 is 5.06. The van der Waals surface area contributed by atoms with Crippen LogP contribution in [0.1, 0.15) is 32.6 Å². The average molecular weight is 379 g/mol. The number of carbonyl (C=O) groups is 1. The molecule has 4 aromatic rings. The fourth-order valence-electron chi connectivity index (χ4n) is 3.07. The van der Waals surface area contributed by atoms with Crippen molar-refractivity contribution in [2.24, 2.45) is 0 Å². The Labute approximate surface area is 159 Å². The Morgan fingerprint density at radius 2 is 1.85 bits per heavy atom. The van der Waals surface area contributed by atoms with Crippen LogP contribution < -0.4 is 5.32 Å². The molecule has 136 valence electrons. The van der Waals surface area contributed by atoms with Gasteiger partial charge in [-0.3, -0.25) is 4.79 Å². The van der Waals surface area contributed by atoms with Crippen LogP contribution in [0.4, 0.5) is 5.69 Å². The van der Waals surface area contributed by atoms with Crippen molar-refractivity contribution in [2.45, 2.75) is 27.7 Å². The van der Waals surface area contributed by atoms with E-state index in [1.165, 1.54) is 11.3 Å². The first kappa shape index (κ1) is 17.3. The number of anilines is 1. The minimum Gasteiger partial charge on any atom is -0.339 e. The maximum Gasteiger partial charge on any atom is 0.266 e. The van der Waals surface area contributed by atoms with Gasteiger partial charge < -0.3 is 9.84 Å². The van der Waals surface area contributed by atoms with Gasteiger partial charge in [0.1, 0.15) is 10.7 Å². The lowest BCUT2D eigenvalue weighted by atomic mass is 10.1. The molecule has 0 aliphatic rings. The van der Waals surface area contributed by atoms with Crippen LogP contribution in [0.15, 0.2) is 28.8 Å². The highest BCUT2D eigenvalue weighted by Crippen LogP contribution is 2.33. The molecule has 0 aliphatic carbocycles. The molecular weight excluding hydrogens is 362 g/mol. The molecule has 1 amide bonds. The number of nitrogens with zero attached hydrogens (tertiary/aromatic N) is 4. The molecule has 4 rings (SSSR count). The van der Waals surface area contributed by atoms with Crippen molar-refractivity contribution >= 4 is 33.1 Å². The van der Waals surface area contributed by atoms with E-state index in [-0.39, 0.29) is 5.91 Å². The van der Waals surface area contributed by atoms with E-state index in [0.717, 1.165) is 21.5 Å². The SMILES string of the molecule is Cc1nc(C)c2c(C)c(C(=O)Nc3ccccc3-c3noc(C)n3)sc2n1. The van der Waals surface area contributed by atoms with Crippen molar-refractivity contribution in [1.29, 1.82) is 0 Å². The summed E-state index contributed by atoms with van der Waals surface area (Å²) in [5.41, 5.74) is 3.10. The Bertz CT molecular complexity index is 1180. The molecule has 0 saturated heterocycles. The first-order chi connectivity index (χ1) is 12.9. The van der Waals surface area contributed by atoms with Gasteiger partial charge in [0.05, 0.1) is 10.6 Å². The largest absolute Gasteiger partial charge is 0.339 e. The molecule has 7 nitrogen and oxygen atoms in total. The molecule has 0 radical (unpaired) electrons. The number of nitrogens with one attached hydrogen (secondary N) is 1. The number of aromatic nitrogens is 4. The summed E-state index contributed by atoms with van der Waals surface area (Å²) in [6.45, 7) is 7.44. The molecule has 0 spiro atoms. The molecule has 0 atom stereocenters. The summed E-state index contributed by atoms with van der Waals surface area (Å²) in [7, 11) is 0. The van der Waals surface area contributed by atoms with Gasteiger partial charge in [-0.25, -0.2) is 9.97 Å². The third-order valence-electron chi connectivity index (χ3n) is 4.23. The Morgan fingerprint density at radius 1 is 1.07 bits per heavy atom. The number of para-hydroxylation sites is 1. The van der Waals surface area contributed by atoms with Crippen molar-refractivity contribution in [1.82, 2.24) is 20.1 Å². The van der Waals surface area contributed by atoms with Gasteiger partial charge in [0.15, 0.2) is 0 Å². The zero-order valence-electron chi connectivity index (χ0n) is 15.3. The summed E-state index contributed by atoms with van der Waals surface area (Å²) >= 11 is 1.37. The van der Waals surface area contributed by atoms with Gasteiger partial charge in [0.25, 0.3) is 5.91 Å². The van der Waals surface area contributed by atoms with Crippen LogP contribution in [0.2, 0.25) is 0 Å². The maximum atomic E-state index is 13.0. The van der Waals surface area contributed by atoms with Crippen LogP contribution in [0.5, 0.6) is 0 Å². The van der Waals surface area contributed by atoms with Crippen LogP contribution >= 0.6 is 11.3 Å². The smallest absolute Gasteiger partial charge is 0.266 e. The average Bonchev–Trinajstić information content (AvgIpc) is 3.19. The van der Waals surface area contributed by atoms with Crippen molar-refractivity contribution in [3.63, 3.8) is 0 Å². The fraction of sp³-hybridized carbons (Fsp3) is 0.211. The molecule has 0 fully saturated rings. The number of fused-ring (bicyclic) bond motifs is 1. The minimum absolute atomic E-state index is 0.194. The molecule has 8 heteroatoms. The van der Waals surface area contributed by atoms with Crippen LogP contribution in [0.3, 0.4) is 0 Å². The number of carbonyl (C=O) groups excluding carboxylic acids is 1. The summed E-state index contributed by atoms with van der Waals surface area (Å²) in [5.74, 6) is 1.41. The molecular formula is C19H17N5O2S. The highest BCUT2D eigenvalue weighted by atomic mass is 32.1. The first-order valence-electron chi connectivity index (χ1n) is 8.39. The number of thiophene rings is 1. The molecule has 0 aliphatic heterocycles. The van der Waals surface area contributed by atoms with Crippen molar-refractivity contribution in [2.75, 3.05) is 5.32 Å². The van der Waals surface area contributed by atoms with Crippen molar-refractivity contribution < 1.29 is 9.32 Å². The number of aryl methyl sites for hydroxylation is 4. The summed E-state index contributed by atoms with van der Waals surface area (Å²) in [4.78, 5) is 27.6. The second-order valence-corrected chi connectivity index (χ2v) is 7.23. The first-order valence-corrected chi connectivity index (χ1v) is 9.21. The van der Waals surface area contributed by atoms with Gasteiger partial charge >= 0.3 is 0 Å². The lowest BCUT2D eigenvalue weighted by molar-refractivity contribution is 0.103. The zero-order valence-corrected chi connectivity index (χ0v) is 16.1. The Kier molecular flexibility index (Phi) is 4.19. The van der Waals surface area contributed by atoms with Crippen LogP contribution in [0.25, 0.3) is 21.6 Å². The van der Waals surface area contributed by atoms with Crippen LogP contribution in [-0.4, -0.2) is 26.0 Å². The standard InChI is InChI=1S/C19H17N5O2S/c1-9-15-10(2)20-11(3)21-19(15)27-16(9)18(25)23-14-8-6-5-7-13(14)17-22-12(4)26-24-17/h5-8H,1-4H3,(H,23,25). The quantitative estimate of drug-likeness (QED) is 0.572. The zero-order chi connectivity index (χ0) is 19.1. The van der Waals surface area contributed by atoms with Crippen molar-refractivity contribution in [3.05, 3.63) is 52.1 Å². The molecule has 0 unspecified atom stereocenters. The second kappa shape index (κ2) is 6.55. The molecule has 0 bridgehead atoms. The monoisotopic (exact) mass is 379 g/mol. The number of rotatable bonds is 3. The molecule has 0 saturated carbocycles. The van der Waals surface area contributed by atoms with Gasteiger partial charge in [-0.1, -0.05) is 17.3 Å². The van der Waals surface area contributed by atoms with Gasteiger partial charge in [-0.05, 0) is 38.5 Å². The van der Waals surface area contributed by atoms with E-state index in [9.17, 15) is 4.79 Å². The summed E-state index contributed by atoms with van der Waals surface area (Å²) in [6.07, 6.45) is 0. The topological polar surface area (TPSA) is 93.8 Å². The molecule has 27 heavy (non-hydrogen) atoms. The molecule has 3 heterocycles. The maximum absolute atomic E-state index is 13.0. The van der Waals surface area contributed by atoms with E-state index in [4.69, 9.17) is 4.52 Å². The van der Waals surface area contributed by atoms with E-state index in [1.54, 1.807) is 6.92 Å². The molecule has 1 N–H and O–H groups in total. The van der Waals surface area contributed by atoms with Gasteiger partial charge in [0, 0.05) is 23.6 Å². The lowest BCUT2D eigenvalue weighted by Crippen LogP contribution is -2.12. The third kappa shape index (κ3) is 3.08. The number of hydrogen-bond donors (Lipinski definition) is 1. The van der Waals surface area contributed by atoms with Gasteiger partial charge in [-0.2, -0.15) is 4.98 Å². The number of hydrogen-bond acceptors (Lipinski definition) is 7. The van der Waals surface area contributed by atoms with E-state index in [0.29, 0.717) is 33.7 Å². The van der Waals surface area contributed by atoms with E-state index >= 15 is 0 Å². The Balaban J connectivity index is 1.73. The summed E-state index contributed by atoms with van der Waals surface area (Å²) in [5, 5.41) is 7.86. The Hall–Kier alpha value is -3.13. The third-order valence-corrected chi connectivity index (χ3v) is 5.42. The molecule has 3 aromatic heterocycles. The fourth-order valence-corrected chi connectivity index (χ4v) is 4.24. The predicted molar refractivity (Wildman–Crippen MR) is 104 cm³/mol. The number of amides is 1. The minimum atomic E-state index is -0.194. The van der Waals surface area contributed by atoms with E-state index in [1.807, 2.05) is 45.0 Å². The summed E-state index contributed by atoms with van der Waals surface area (Å²) in [6, 6.07) is 7.37. The number of benzene rings is 1. The van der Waals surface area contributed by atoms with Gasteiger partial charge in [0.2, 0.25) is 11.7 Å². The second-order valence-electron chi connectivity index (χ2n) is 6.23. The van der Waals surface area contributed by atoms with Crippen LogP contribution in [0, 0.1) is 27.7 Å². The molecule has 1 aromatic carbocycles. The highest BCUT2D eigenvalue weighted by molar-refractivity contribution is 7.20. The van der Waals surface area contributed by atoms with Crippen LogP contribution in [-0.2, 0) is 0 Å². The predicted octanol–water partition coefficient (Wildman–Crippen LogP) is 4.23. The van der Waals surface area contributed by atoms with E-state index < -0.39 is 0 Å². The normalized spacial score (nSPS) is 11.1. The lowest BCUT2D eigenvalue weighted by Gasteiger charge is -2.08. The van der Waals surface area contributed by atoms with Gasteiger partial charge in [-0.15, -0.1) is 11.3 Å².